The molecule has 1 aromatic rings. The first kappa shape index (κ1) is 13.4. The summed E-state index contributed by atoms with van der Waals surface area (Å²) in [6.07, 6.45) is 2.83. The van der Waals surface area contributed by atoms with Gasteiger partial charge < -0.3 is 10.2 Å². The molecule has 0 radical (unpaired) electrons. The summed E-state index contributed by atoms with van der Waals surface area (Å²) in [6, 6.07) is 7.44. The highest BCUT2D eigenvalue weighted by Gasteiger charge is 2.26. The van der Waals surface area contributed by atoms with Crippen molar-refractivity contribution in [3.63, 3.8) is 0 Å². The van der Waals surface area contributed by atoms with Crippen molar-refractivity contribution < 1.29 is 0 Å². The molecule has 1 fully saturated rings. The van der Waals surface area contributed by atoms with Gasteiger partial charge in [-0.15, -0.1) is 0 Å². The Bertz CT molecular complexity index is 394. The maximum absolute atomic E-state index is 3.21. The van der Waals surface area contributed by atoms with E-state index in [-0.39, 0.29) is 0 Å². The van der Waals surface area contributed by atoms with Crippen LogP contribution in [0.1, 0.15) is 37.8 Å². The molecule has 1 aromatic carbocycles. The number of benzene rings is 1. The van der Waals surface area contributed by atoms with E-state index in [0.717, 1.165) is 12.5 Å². The third-order valence-corrected chi connectivity index (χ3v) is 3.73. The molecule has 0 atom stereocenters. The fraction of sp³-hybridized carbons (Fsp3) is 0.625. The van der Waals surface area contributed by atoms with Crippen LogP contribution in [0.15, 0.2) is 18.2 Å². The predicted molar refractivity (Wildman–Crippen MR) is 79.1 cm³/mol. The zero-order valence-corrected chi connectivity index (χ0v) is 12.2. The third kappa shape index (κ3) is 3.26. The molecule has 0 saturated heterocycles. The molecule has 100 valence electrons. The standard InChI is InChI=1S/C16H26N2/c1-12(2)18(11-14-5-6-14)16-8-7-15(10-17-4)9-13(16)3/h7-9,12,14,17H,5-6,10-11H2,1-4H3. The Kier molecular flexibility index (Phi) is 4.28. The van der Waals surface area contributed by atoms with E-state index in [4.69, 9.17) is 0 Å². The molecule has 0 aliphatic heterocycles. The van der Waals surface area contributed by atoms with Crippen LogP contribution in [-0.2, 0) is 6.54 Å². The van der Waals surface area contributed by atoms with E-state index in [1.165, 1.54) is 36.2 Å². The second-order valence-corrected chi connectivity index (χ2v) is 5.84. The van der Waals surface area contributed by atoms with Gasteiger partial charge in [0.1, 0.15) is 0 Å². The number of nitrogens with zero attached hydrogens (tertiary/aromatic N) is 1. The van der Waals surface area contributed by atoms with E-state index < -0.39 is 0 Å². The van der Waals surface area contributed by atoms with Crippen LogP contribution in [-0.4, -0.2) is 19.6 Å². The number of rotatable bonds is 6. The van der Waals surface area contributed by atoms with Crippen molar-refractivity contribution >= 4 is 5.69 Å². The molecule has 1 aliphatic carbocycles. The van der Waals surface area contributed by atoms with E-state index >= 15 is 0 Å². The maximum Gasteiger partial charge on any atom is 0.0398 e. The second kappa shape index (κ2) is 5.75. The van der Waals surface area contributed by atoms with Gasteiger partial charge in [-0.3, -0.25) is 0 Å². The second-order valence-electron chi connectivity index (χ2n) is 5.84. The highest BCUT2D eigenvalue weighted by molar-refractivity contribution is 5.55. The number of aryl methyl sites for hydroxylation is 1. The molecule has 0 amide bonds. The van der Waals surface area contributed by atoms with Crippen LogP contribution in [0.25, 0.3) is 0 Å². The summed E-state index contributed by atoms with van der Waals surface area (Å²) in [5.41, 5.74) is 4.18. The van der Waals surface area contributed by atoms with Gasteiger partial charge in [0, 0.05) is 24.8 Å². The summed E-state index contributed by atoms with van der Waals surface area (Å²) in [4.78, 5) is 2.57. The zero-order chi connectivity index (χ0) is 13.1. The normalized spacial score (nSPS) is 15.2. The monoisotopic (exact) mass is 246 g/mol. The fourth-order valence-electron chi connectivity index (χ4n) is 2.52. The highest BCUT2D eigenvalue weighted by Crippen LogP contribution is 2.33. The van der Waals surface area contributed by atoms with Crippen LogP contribution >= 0.6 is 0 Å². The Labute approximate surface area is 111 Å². The van der Waals surface area contributed by atoms with Gasteiger partial charge in [0.15, 0.2) is 0 Å². The Morgan fingerprint density at radius 2 is 2.06 bits per heavy atom. The lowest BCUT2D eigenvalue weighted by molar-refractivity contribution is 0.643. The lowest BCUT2D eigenvalue weighted by Gasteiger charge is -2.31. The summed E-state index contributed by atoms with van der Waals surface area (Å²) < 4.78 is 0. The first-order valence-electron chi connectivity index (χ1n) is 7.12. The number of hydrogen-bond donors (Lipinski definition) is 1. The molecular weight excluding hydrogens is 220 g/mol. The molecule has 0 spiro atoms. The van der Waals surface area contributed by atoms with E-state index in [1.54, 1.807) is 0 Å². The lowest BCUT2D eigenvalue weighted by Crippen LogP contribution is -2.33. The van der Waals surface area contributed by atoms with E-state index in [1.807, 2.05) is 7.05 Å². The molecule has 2 rings (SSSR count). The van der Waals surface area contributed by atoms with Crippen molar-refractivity contribution in [1.82, 2.24) is 5.32 Å². The topological polar surface area (TPSA) is 15.3 Å². The van der Waals surface area contributed by atoms with Gasteiger partial charge in [-0.1, -0.05) is 12.1 Å². The summed E-state index contributed by atoms with van der Waals surface area (Å²) in [5.74, 6) is 0.934. The summed E-state index contributed by atoms with van der Waals surface area (Å²) in [5, 5.41) is 3.21. The van der Waals surface area contributed by atoms with Crippen molar-refractivity contribution in [3.05, 3.63) is 29.3 Å². The number of hydrogen-bond acceptors (Lipinski definition) is 2. The number of nitrogens with one attached hydrogen (secondary N) is 1. The van der Waals surface area contributed by atoms with Gasteiger partial charge >= 0.3 is 0 Å². The van der Waals surface area contributed by atoms with Crippen molar-refractivity contribution in [3.8, 4) is 0 Å². The lowest BCUT2D eigenvalue weighted by atomic mass is 10.1. The smallest absolute Gasteiger partial charge is 0.0398 e. The maximum atomic E-state index is 3.21. The van der Waals surface area contributed by atoms with Crippen LogP contribution in [0.4, 0.5) is 5.69 Å². The van der Waals surface area contributed by atoms with Crippen molar-refractivity contribution in [1.29, 1.82) is 0 Å². The van der Waals surface area contributed by atoms with Crippen molar-refractivity contribution in [2.45, 2.75) is 46.2 Å². The molecule has 2 nitrogen and oxygen atoms in total. The van der Waals surface area contributed by atoms with E-state index in [9.17, 15) is 0 Å². The summed E-state index contributed by atoms with van der Waals surface area (Å²) >= 11 is 0. The molecule has 1 saturated carbocycles. The minimum absolute atomic E-state index is 0.583. The van der Waals surface area contributed by atoms with Gasteiger partial charge in [0.2, 0.25) is 0 Å². The van der Waals surface area contributed by atoms with Crippen molar-refractivity contribution in [2.75, 3.05) is 18.5 Å². The number of anilines is 1. The summed E-state index contributed by atoms with van der Waals surface area (Å²) in [7, 11) is 2.00. The predicted octanol–water partition coefficient (Wildman–Crippen LogP) is 3.34. The molecule has 0 bridgehead atoms. The van der Waals surface area contributed by atoms with E-state index in [0.29, 0.717) is 6.04 Å². The first-order chi connectivity index (χ1) is 8.61. The SMILES string of the molecule is CNCc1ccc(N(CC2CC2)C(C)C)c(C)c1. The average Bonchev–Trinajstić information content (AvgIpc) is 3.11. The molecule has 0 aromatic heterocycles. The molecule has 1 aliphatic rings. The molecule has 2 heteroatoms. The molecule has 0 heterocycles. The molecule has 0 unspecified atom stereocenters. The first-order valence-corrected chi connectivity index (χ1v) is 7.12. The van der Waals surface area contributed by atoms with Gasteiger partial charge in [-0.05, 0) is 63.8 Å². The van der Waals surface area contributed by atoms with Crippen LogP contribution in [0.3, 0.4) is 0 Å². The Balaban J connectivity index is 2.17. The van der Waals surface area contributed by atoms with Crippen LogP contribution < -0.4 is 10.2 Å². The van der Waals surface area contributed by atoms with Crippen molar-refractivity contribution in [2.24, 2.45) is 5.92 Å². The average molecular weight is 246 g/mol. The molecule has 1 N–H and O–H groups in total. The van der Waals surface area contributed by atoms with Gasteiger partial charge in [-0.2, -0.15) is 0 Å². The Morgan fingerprint density at radius 3 is 2.56 bits per heavy atom. The zero-order valence-electron chi connectivity index (χ0n) is 12.2. The Morgan fingerprint density at radius 1 is 1.33 bits per heavy atom. The largest absolute Gasteiger partial charge is 0.369 e. The van der Waals surface area contributed by atoms with Gasteiger partial charge in [0.05, 0.1) is 0 Å². The van der Waals surface area contributed by atoms with Crippen LogP contribution in [0.2, 0.25) is 0 Å². The van der Waals surface area contributed by atoms with Crippen LogP contribution in [0, 0.1) is 12.8 Å². The quantitative estimate of drug-likeness (QED) is 0.828. The third-order valence-electron chi connectivity index (χ3n) is 3.73. The van der Waals surface area contributed by atoms with Crippen LogP contribution in [0.5, 0.6) is 0 Å². The molecule has 18 heavy (non-hydrogen) atoms. The highest BCUT2D eigenvalue weighted by atomic mass is 15.2. The van der Waals surface area contributed by atoms with E-state index in [2.05, 4.69) is 49.2 Å². The fourth-order valence-corrected chi connectivity index (χ4v) is 2.52. The van der Waals surface area contributed by atoms with Gasteiger partial charge in [0.25, 0.3) is 0 Å². The van der Waals surface area contributed by atoms with Gasteiger partial charge in [-0.25, -0.2) is 0 Å². The molecular formula is C16H26N2. The Hall–Kier alpha value is -1.02. The minimum atomic E-state index is 0.583. The summed E-state index contributed by atoms with van der Waals surface area (Å²) in [6.45, 7) is 9.00. The minimum Gasteiger partial charge on any atom is -0.369 e.